The average Bonchev–Trinajstić information content (AvgIpc) is 2.83. The van der Waals surface area contributed by atoms with Crippen molar-refractivity contribution in [2.24, 2.45) is 5.92 Å². The number of imide groups is 1. The molecule has 0 unspecified atom stereocenters. The minimum atomic E-state index is -0.344. The summed E-state index contributed by atoms with van der Waals surface area (Å²) in [5.74, 6) is 0.297. The summed E-state index contributed by atoms with van der Waals surface area (Å²) in [6, 6.07) is -0.611. The maximum Gasteiger partial charge on any atom is 0.324 e. The van der Waals surface area contributed by atoms with Crippen molar-refractivity contribution < 1.29 is 14.3 Å². The molecule has 0 aromatic rings. The van der Waals surface area contributed by atoms with Crippen LogP contribution in [0.15, 0.2) is 0 Å². The maximum atomic E-state index is 12.0. The summed E-state index contributed by atoms with van der Waals surface area (Å²) >= 11 is 0. The van der Waals surface area contributed by atoms with E-state index < -0.39 is 0 Å². The highest BCUT2D eigenvalue weighted by molar-refractivity contribution is 6.04. The molecule has 0 bridgehead atoms. The predicted molar refractivity (Wildman–Crippen MR) is 62.5 cm³/mol. The standard InChI is InChI=1S/C12H20N2O3/c1-8(2)6-10-11(15)14(12(16)13-10)7-9-4-3-5-17-9/h8-10H,3-7H2,1-2H3,(H,13,16)/t9-,10+/m0/s1. The fourth-order valence-electron chi connectivity index (χ4n) is 2.37. The van der Waals surface area contributed by atoms with Crippen molar-refractivity contribution in [2.45, 2.75) is 45.3 Å². The van der Waals surface area contributed by atoms with E-state index in [1.165, 1.54) is 4.90 Å². The first-order valence-corrected chi connectivity index (χ1v) is 6.31. The number of nitrogens with zero attached hydrogens (tertiary/aromatic N) is 1. The van der Waals surface area contributed by atoms with Gasteiger partial charge in [0.25, 0.3) is 5.91 Å². The molecule has 2 atom stereocenters. The monoisotopic (exact) mass is 240 g/mol. The quantitative estimate of drug-likeness (QED) is 0.749. The molecule has 0 aliphatic carbocycles. The van der Waals surface area contributed by atoms with E-state index in [1.54, 1.807) is 0 Å². The number of rotatable bonds is 4. The molecule has 1 N–H and O–H groups in total. The SMILES string of the molecule is CC(C)C[C@H]1NC(=O)N(C[C@@H]2CCCO2)C1=O. The van der Waals surface area contributed by atoms with E-state index in [9.17, 15) is 9.59 Å². The number of carbonyl (C=O) groups excluding carboxylic acids is 2. The fraction of sp³-hybridized carbons (Fsp3) is 0.833. The Bertz CT molecular complexity index is 311. The fourth-order valence-corrected chi connectivity index (χ4v) is 2.37. The number of amides is 3. The van der Waals surface area contributed by atoms with Gasteiger partial charge in [0.2, 0.25) is 0 Å². The predicted octanol–water partition coefficient (Wildman–Crippen LogP) is 1.13. The number of ether oxygens (including phenoxy) is 1. The van der Waals surface area contributed by atoms with E-state index in [4.69, 9.17) is 4.74 Å². The van der Waals surface area contributed by atoms with Gasteiger partial charge in [-0.05, 0) is 25.2 Å². The molecule has 2 saturated heterocycles. The second kappa shape index (κ2) is 5.04. The molecule has 0 spiro atoms. The van der Waals surface area contributed by atoms with Gasteiger partial charge in [0.15, 0.2) is 0 Å². The highest BCUT2D eigenvalue weighted by atomic mass is 16.5. The Morgan fingerprint density at radius 2 is 2.24 bits per heavy atom. The third-order valence-corrected chi connectivity index (χ3v) is 3.22. The van der Waals surface area contributed by atoms with Crippen molar-refractivity contribution in [3.8, 4) is 0 Å². The third-order valence-electron chi connectivity index (χ3n) is 3.22. The first-order chi connectivity index (χ1) is 8.08. The normalized spacial score (nSPS) is 29.2. The number of nitrogens with one attached hydrogen (secondary N) is 1. The van der Waals surface area contributed by atoms with Gasteiger partial charge < -0.3 is 10.1 Å². The molecule has 17 heavy (non-hydrogen) atoms. The topological polar surface area (TPSA) is 58.6 Å². The van der Waals surface area contributed by atoms with Crippen LogP contribution in [0, 0.1) is 5.92 Å². The molecular formula is C12H20N2O3. The van der Waals surface area contributed by atoms with Crippen molar-refractivity contribution in [1.29, 1.82) is 0 Å². The molecule has 2 aliphatic heterocycles. The van der Waals surface area contributed by atoms with Crippen molar-refractivity contribution in [1.82, 2.24) is 10.2 Å². The van der Waals surface area contributed by atoms with E-state index >= 15 is 0 Å². The van der Waals surface area contributed by atoms with Gasteiger partial charge in [-0.3, -0.25) is 9.69 Å². The molecule has 0 aromatic heterocycles. The summed E-state index contributed by atoms with van der Waals surface area (Å²) in [6.07, 6.45) is 2.69. The Hall–Kier alpha value is -1.10. The lowest BCUT2D eigenvalue weighted by Gasteiger charge is -2.17. The molecule has 3 amide bonds. The van der Waals surface area contributed by atoms with E-state index in [0.29, 0.717) is 18.9 Å². The number of hydrogen-bond acceptors (Lipinski definition) is 3. The molecule has 5 heteroatoms. The van der Waals surface area contributed by atoms with Gasteiger partial charge in [-0.2, -0.15) is 0 Å². The second-order valence-corrected chi connectivity index (χ2v) is 5.22. The summed E-state index contributed by atoms with van der Waals surface area (Å²) in [6.45, 7) is 5.23. The molecular weight excluding hydrogens is 220 g/mol. The van der Waals surface area contributed by atoms with Crippen LogP contribution < -0.4 is 5.32 Å². The van der Waals surface area contributed by atoms with Crippen LogP contribution in [-0.2, 0) is 9.53 Å². The zero-order chi connectivity index (χ0) is 12.4. The van der Waals surface area contributed by atoms with Crippen molar-refractivity contribution >= 4 is 11.9 Å². The molecule has 5 nitrogen and oxygen atoms in total. The van der Waals surface area contributed by atoms with Crippen LogP contribution in [0.3, 0.4) is 0 Å². The van der Waals surface area contributed by atoms with E-state index in [2.05, 4.69) is 5.32 Å². The Labute approximate surface area is 101 Å². The van der Waals surface area contributed by atoms with Gasteiger partial charge in [-0.25, -0.2) is 4.79 Å². The smallest absolute Gasteiger partial charge is 0.324 e. The van der Waals surface area contributed by atoms with Gasteiger partial charge in [-0.1, -0.05) is 13.8 Å². The lowest BCUT2D eigenvalue weighted by molar-refractivity contribution is -0.128. The summed E-state index contributed by atoms with van der Waals surface area (Å²) in [5, 5.41) is 2.74. The molecule has 2 aliphatic rings. The molecule has 0 aromatic carbocycles. The molecule has 2 fully saturated rings. The summed E-state index contributed by atoms with van der Waals surface area (Å²) in [4.78, 5) is 25.0. The van der Waals surface area contributed by atoms with Crippen molar-refractivity contribution in [2.75, 3.05) is 13.2 Å². The van der Waals surface area contributed by atoms with Crippen LogP contribution in [0.2, 0.25) is 0 Å². The lowest BCUT2D eigenvalue weighted by Crippen LogP contribution is -2.37. The highest BCUT2D eigenvalue weighted by Gasteiger charge is 2.39. The molecule has 0 saturated carbocycles. The zero-order valence-electron chi connectivity index (χ0n) is 10.4. The largest absolute Gasteiger partial charge is 0.376 e. The van der Waals surface area contributed by atoms with Crippen LogP contribution in [0.4, 0.5) is 4.79 Å². The van der Waals surface area contributed by atoms with Crippen LogP contribution in [0.5, 0.6) is 0 Å². The minimum absolute atomic E-state index is 0.0301. The van der Waals surface area contributed by atoms with Crippen LogP contribution in [-0.4, -0.2) is 42.1 Å². The maximum absolute atomic E-state index is 12.0. The van der Waals surface area contributed by atoms with E-state index in [0.717, 1.165) is 19.4 Å². The number of carbonyl (C=O) groups is 2. The van der Waals surface area contributed by atoms with Crippen LogP contribution in [0.25, 0.3) is 0 Å². The van der Waals surface area contributed by atoms with Crippen molar-refractivity contribution in [3.63, 3.8) is 0 Å². The highest BCUT2D eigenvalue weighted by Crippen LogP contribution is 2.18. The minimum Gasteiger partial charge on any atom is -0.376 e. The average molecular weight is 240 g/mol. The van der Waals surface area contributed by atoms with E-state index in [1.807, 2.05) is 13.8 Å². The zero-order valence-corrected chi connectivity index (χ0v) is 10.4. The second-order valence-electron chi connectivity index (χ2n) is 5.22. The summed E-state index contributed by atoms with van der Waals surface area (Å²) in [7, 11) is 0. The molecule has 96 valence electrons. The Kier molecular flexibility index (Phi) is 3.66. The van der Waals surface area contributed by atoms with Gasteiger partial charge >= 0.3 is 6.03 Å². The van der Waals surface area contributed by atoms with E-state index in [-0.39, 0.29) is 24.1 Å². The Balaban J connectivity index is 1.93. The molecule has 2 rings (SSSR count). The summed E-state index contributed by atoms with van der Waals surface area (Å²) < 4.78 is 5.45. The Morgan fingerprint density at radius 1 is 1.47 bits per heavy atom. The first kappa shape index (κ1) is 12.4. The van der Waals surface area contributed by atoms with Gasteiger partial charge in [0.05, 0.1) is 12.6 Å². The Morgan fingerprint density at radius 3 is 2.82 bits per heavy atom. The third kappa shape index (κ3) is 2.77. The number of urea groups is 1. The van der Waals surface area contributed by atoms with Gasteiger partial charge in [0.1, 0.15) is 6.04 Å². The van der Waals surface area contributed by atoms with Gasteiger partial charge in [-0.15, -0.1) is 0 Å². The van der Waals surface area contributed by atoms with Crippen LogP contribution >= 0.6 is 0 Å². The van der Waals surface area contributed by atoms with Crippen LogP contribution in [0.1, 0.15) is 33.1 Å². The summed E-state index contributed by atoms with van der Waals surface area (Å²) in [5.41, 5.74) is 0. The first-order valence-electron chi connectivity index (χ1n) is 6.31. The van der Waals surface area contributed by atoms with Crippen molar-refractivity contribution in [3.05, 3.63) is 0 Å². The lowest BCUT2D eigenvalue weighted by atomic mass is 10.0. The van der Waals surface area contributed by atoms with Gasteiger partial charge in [0, 0.05) is 6.61 Å². The molecule has 2 heterocycles. The number of hydrogen-bond donors (Lipinski definition) is 1. The molecule has 0 radical (unpaired) electrons.